The molecule has 0 spiro atoms. The summed E-state index contributed by atoms with van der Waals surface area (Å²) in [5.41, 5.74) is 0.974. The summed E-state index contributed by atoms with van der Waals surface area (Å²) in [5, 5.41) is 5.57. The van der Waals surface area contributed by atoms with Gasteiger partial charge >= 0.3 is 0 Å². The number of thiophene rings is 1. The maximum Gasteiger partial charge on any atom is 0.263 e. The number of amides is 1. The van der Waals surface area contributed by atoms with Gasteiger partial charge in [0.2, 0.25) is 0 Å². The lowest BCUT2D eigenvalue weighted by Crippen LogP contribution is -2.46. The highest BCUT2D eigenvalue weighted by molar-refractivity contribution is 7.13. The third-order valence-corrected chi connectivity index (χ3v) is 4.96. The van der Waals surface area contributed by atoms with E-state index in [0.29, 0.717) is 17.3 Å². The number of hydrogen-bond acceptors (Lipinski definition) is 4. The highest BCUT2D eigenvalue weighted by atomic mass is 35.5. The number of hydrogen-bond donors (Lipinski definition) is 1. The number of nitrogens with one attached hydrogen (secondary N) is 1. The van der Waals surface area contributed by atoms with Crippen LogP contribution in [0.4, 0.5) is 0 Å². The molecule has 0 radical (unpaired) electrons. The van der Waals surface area contributed by atoms with Crippen LogP contribution in [0.2, 0.25) is 5.02 Å². The van der Waals surface area contributed by atoms with Gasteiger partial charge in [0.05, 0.1) is 0 Å². The minimum Gasteiger partial charge on any atom is -0.478 e. The van der Waals surface area contributed by atoms with Gasteiger partial charge in [-0.05, 0) is 61.2 Å². The number of benzene rings is 1. The van der Waals surface area contributed by atoms with Gasteiger partial charge in [-0.15, -0.1) is 11.3 Å². The molecule has 26 heavy (non-hydrogen) atoms. The molecule has 0 atom stereocenters. The number of aromatic nitrogens is 1. The zero-order valence-corrected chi connectivity index (χ0v) is 16.1. The van der Waals surface area contributed by atoms with Crippen molar-refractivity contribution in [1.29, 1.82) is 0 Å². The number of carbonyl (C=O) groups is 1. The zero-order chi connectivity index (χ0) is 18.6. The first-order chi connectivity index (χ1) is 12.4. The number of pyridine rings is 1. The molecule has 0 aliphatic carbocycles. The molecule has 0 bridgehead atoms. The van der Waals surface area contributed by atoms with Crippen LogP contribution in [0.5, 0.6) is 5.75 Å². The maximum atomic E-state index is 12.5. The minimum absolute atomic E-state index is 0.200. The van der Waals surface area contributed by atoms with Crippen molar-refractivity contribution in [2.45, 2.75) is 26.0 Å². The maximum absolute atomic E-state index is 12.5. The summed E-state index contributed by atoms with van der Waals surface area (Å²) in [7, 11) is 0. The van der Waals surface area contributed by atoms with Crippen LogP contribution in [-0.4, -0.2) is 16.5 Å². The summed E-state index contributed by atoms with van der Waals surface area (Å²) in [6.45, 7) is 3.85. The SMILES string of the molecule is CC(C)(Oc1ccc(Cl)cc1)C(=O)NCc1cncc(-c2cccs2)c1. The standard InChI is InChI=1S/C20H19ClN2O2S/c1-20(2,25-17-7-5-16(21)6-8-17)19(24)23-12-14-10-15(13-22-11-14)18-4-3-9-26-18/h3-11,13H,12H2,1-2H3,(H,23,24). The van der Waals surface area contributed by atoms with Crippen LogP contribution in [0, 0.1) is 0 Å². The first-order valence-electron chi connectivity index (χ1n) is 8.15. The summed E-state index contributed by atoms with van der Waals surface area (Å²) in [6, 6.07) is 13.0. The van der Waals surface area contributed by atoms with Crippen LogP contribution >= 0.6 is 22.9 Å². The van der Waals surface area contributed by atoms with Gasteiger partial charge in [0.15, 0.2) is 5.60 Å². The Morgan fingerprint density at radius 2 is 2.00 bits per heavy atom. The molecular weight excluding hydrogens is 368 g/mol. The topological polar surface area (TPSA) is 51.2 Å². The predicted molar refractivity (Wildman–Crippen MR) is 106 cm³/mol. The van der Waals surface area contributed by atoms with Crippen LogP contribution in [-0.2, 0) is 11.3 Å². The lowest BCUT2D eigenvalue weighted by Gasteiger charge is -2.25. The van der Waals surface area contributed by atoms with Crippen molar-refractivity contribution < 1.29 is 9.53 Å². The van der Waals surface area contributed by atoms with Gasteiger partial charge in [-0.1, -0.05) is 17.7 Å². The first kappa shape index (κ1) is 18.4. The second kappa shape index (κ2) is 7.89. The Morgan fingerprint density at radius 1 is 1.23 bits per heavy atom. The summed E-state index contributed by atoms with van der Waals surface area (Å²) in [5.74, 6) is 0.393. The second-order valence-corrected chi connectivity index (χ2v) is 7.69. The Bertz CT molecular complexity index is 877. The molecule has 1 aromatic carbocycles. The Labute approximate surface area is 161 Å². The largest absolute Gasteiger partial charge is 0.478 e. The van der Waals surface area contributed by atoms with Crippen molar-refractivity contribution in [3.05, 3.63) is 70.8 Å². The number of halogens is 1. The normalized spacial score (nSPS) is 11.2. The molecular formula is C20H19ClN2O2S. The Kier molecular flexibility index (Phi) is 5.59. The predicted octanol–water partition coefficient (Wildman–Crippen LogP) is 4.94. The molecule has 6 heteroatoms. The number of carbonyl (C=O) groups excluding carboxylic acids is 1. The molecule has 2 heterocycles. The van der Waals surface area contributed by atoms with E-state index in [9.17, 15) is 4.79 Å². The highest BCUT2D eigenvalue weighted by Gasteiger charge is 2.29. The summed E-state index contributed by atoms with van der Waals surface area (Å²) in [4.78, 5) is 18.0. The van der Waals surface area contributed by atoms with Crippen molar-refractivity contribution in [3.8, 4) is 16.2 Å². The first-order valence-corrected chi connectivity index (χ1v) is 9.40. The number of ether oxygens (including phenoxy) is 1. The van der Waals surface area contributed by atoms with Crippen LogP contribution in [0.1, 0.15) is 19.4 Å². The fourth-order valence-corrected chi connectivity index (χ4v) is 3.24. The van der Waals surface area contributed by atoms with Crippen molar-refractivity contribution in [3.63, 3.8) is 0 Å². The third kappa shape index (κ3) is 4.62. The molecule has 0 fully saturated rings. The molecule has 0 saturated heterocycles. The molecule has 3 aromatic rings. The van der Waals surface area contributed by atoms with E-state index in [1.165, 1.54) is 0 Å². The quantitative estimate of drug-likeness (QED) is 0.653. The molecule has 2 aromatic heterocycles. The third-order valence-electron chi connectivity index (χ3n) is 3.79. The monoisotopic (exact) mass is 386 g/mol. The molecule has 0 aliphatic heterocycles. The van der Waals surface area contributed by atoms with E-state index >= 15 is 0 Å². The molecule has 134 valence electrons. The van der Waals surface area contributed by atoms with Gasteiger partial charge < -0.3 is 10.1 Å². The summed E-state index contributed by atoms with van der Waals surface area (Å²) in [6.07, 6.45) is 3.58. The fraction of sp³-hybridized carbons (Fsp3) is 0.200. The smallest absolute Gasteiger partial charge is 0.263 e. The van der Waals surface area contributed by atoms with Crippen LogP contribution in [0.25, 0.3) is 10.4 Å². The Morgan fingerprint density at radius 3 is 2.69 bits per heavy atom. The van der Waals surface area contributed by atoms with E-state index in [2.05, 4.69) is 10.3 Å². The van der Waals surface area contributed by atoms with Gasteiger partial charge in [-0.25, -0.2) is 0 Å². The number of nitrogens with zero attached hydrogens (tertiary/aromatic N) is 1. The average molecular weight is 387 g/mol. The summed E-state index contributed by atoms with van der Waals surface area (Å²) >= 11 is 7.53. The van der Waals surface area contributed by atoms with Crippen LogP contribution < -0.4 is 10.1 Å². The van der Waals surface area contributed by atoms with Gasteiger partial charge in [0, 0.05) is 34.4 Å². The number of rotatable bonds is 6. The van der Waals surface area contributed by atoms with Gasteiger partial charge in [-0.3, -0.25) is 9.78 Å². The minimum atomic E-state index is -1.01. The van der Waals surface area contributed by atoms with Gasteiger partial charge in [0.25, 0.3) is 5.91 Å². The lowest BCUT2D eigenvalue weighted by atomic mass is 10.1. The molecule has 0 unspecified atom stereocenters. The lowest BCUT2D eigenvalue weighted by molar-refractivity contribution is -0.134. The molecule has 0 aliphatic rings. The second-order valence-electron chi connectivity index (χ2n) is 6.31. The van der Waals surface area contributed by atoms with Crippen molar-refractivity contribution in [2.75, 3.05) is 0 Å². The van der Waals surface area contributed by atoms with Gasteiger partial charge in [-0.2, -0.15) is 0 Å². The van der Waals surface area contributed by atoms with Crippen molar-refractivity contribution in [2.24, 2.45) is 0 Å². The van der Waals surface area contributed by atoms with E-state index < -0.39 is 5.60 Å². The summed E-state index contributed by atoms with van der Waals surface area (Å²) < 4.78 is 5.81. The molecule has 1 N–H and O–H groups in total. The molecule has 1 amide bonds. The van der Waals surface area contributed by atoms with E-state index in [1.807, 2.05) is 29.8 Å². The van der Waals surface area contributed by atoms with Crippen LogP contribution in [0.3, 0.4) is 0 Å². The molecule has 3 rings (SSSR count). The van der Waals surface area contributed by atoms with Crippen molar-refractivity contribution >= 4 is 28.8 Å². The molecule has 4 nitrogen and oxygen atoms in total. The Balaban J connectivity index is 1.62. The van der Waals surface area contributed by atoms with Gasteiger partial charge in [0.1, 0.15) is 5.75 Å². The Hall–Kier alpha value is -2.37. The zero-order valence-electron chi connectivity index (χ0n) is 14.5. The van der Waals surface area contributed by atoms with Crippen LogP contribution in [0.15, 0.2) is 60.2 Å². The molecule has 0 saturated carbocycles. The average Bonchev–Trinajstić information content (AvgIpc) is 3.16. The van der Waals surface area contributed by atoms with E-state index in [4.69, 9.17) is 16.3 Å². The fourth-order valence-electron chi connectivity index (χ4n) is 2.40. The van der Waals surface area contributed by atoms with E-state index in [1.54, 1.807) is 55.6 Å². The van der Waals surface area contributed by atoms with E-state index in [0.717, 1.165) is 16.0 Å². The highest BCUT2D eigenvalue weighted by Crippen LogP contribution is 2.24. The van der Waals surface area contributed by atoms with E-state index in [-0.39, 0.29) is 5.91 Å². The van der Waals surface area contributed by atoms with Crippen molar-refractivity contribution in [1.82, 2.24) is 10.3 Å².